The summed E-state index contributed by atoms with van der Waals surface area (Å²) in [5.74, 6) is -2.55. The van der Waals surface area contributed by atoms with E-state index in [9.17, 15) is 13.6 Å². The monoisotopic (exact) mass is 509 g/mol. The predicted molar refractivity (Wildman–Crippen MR) is 135 cm³/mol. The van der Waals surface area contributed by atoms with E-state index in [-0.39, 0.29) is 22.2 Å². The second-order valence-electron chi connectivity index (χ2n) is 8.47. The molecule has 9 heteroatoms. The molecule has 0 unspecified atom stereocenters. The molecule has 0 fully saturated rings. The second-order valence-corrected chi connectivity index (χ2v) is 9.82. The smallest absolute Gasteiger partial charge is 0.266 e. The quantitative estimate of drug-likeness (QED) is 0.283. The number of benzene rings is 2. The van der Waals surface area contributed by atoms with Crippen LogP contribution in [0.4, 0.5) is 13.2 Å². The van der Waals surface area contributed by atoms with Crippen LogP contribution in [-0.4, -0.2) is 19.9 Å². The first kappa shape index (κ1) is 22.1. The standard InChI is InChI=1S/C26H18F3N3OS2/c27-15-8-6-14(7-9-15)20-16-4-1-2-12-31-22-18(11-10-17(28)21(22)29)32(26(16)31)23(20)25(34)30-24(33)19-5-3-13-35-19/h3,5-11,13H,1-2,4,12H2,(H,30,33,34). The van der Waals surface area contributed by atoms with Gasteiger partial charge >= 0.3 is 0 Å². The number of carbonyl (C=O) groups excluding carboxylic acids is 1. The number of fused-ring (bicyclic) bond motifs is 3. The summed E-state index contributed by atoms with van der Waals surface area (Å²) in [4.78, 5) is 13.5. The van der Waals surface area contributed by atoms with Crippen LogP contribution in [0.25, 0.3) is 27.8 Å². The van der Waals surface area contributed by atoms with Crippen LogP contribution in [0.15, 0.2) is 53.9 Å². The number of amides is 1. The minimum atomic E-state index is -0.922. The number of aryl methyl sites for hydroxylation is 2. The Labute approximate surface area is 207 Å². The molecule has 1 aliphatic rings. The minimum Gasteiger partial charge on any atom is -0.323 e. The summed E-state index contributed by atoms with van der Waals surface area (Å²) in [5, 5.41) is 4.61. The number of rotatable bonds is 3. The second kappa shape index (κ2) is 8.35. The van der Waals surface area contributed by atoms with Crippen molar-refractivity contribution in [1.82, 2.24) is 14.3 Å². The van der Waals surface area contributed by atoms with E-state index >= 15 is 4.39 Å². The van der Waals surface area contributed by atoms with Gasteiger partial charge in [-0.1, -0.05) is 30.4 Å². The van der Waals surface area contributed by atoms with E-state index in [1.807, 2.05) is 4.40 Å². The number of nitrogens with one attached hydrogen (secondary N) is 1. The molecule has 0 saturated carbocycles. The highest BCUT2D eigenvalue weighted by Crippen LogP contribution is 2.40. The third kappa shape index (κ3) is 3.41. The Morgan fingerprint density at radius 3 is 2.57 bits per heavy atom. The Bertz CT molecular complexity index is 1630. The first-order valence-corrected chi connectivity index (χ1v) is 12.4. The van der Waals surface area contributed by atoms with Gasteiger partial charge in [-0.25, -0.2) is 13.2 Å². The fourth-order valence-electron chi connectivity index (χ4n) is 5.00. The molecule has 0 bridgehead atoms. The summed E-state index contributed by atoms with van der Waals surface area (Å²) in [5.41, 5.74) is 4.24. The highest BCUT2D eigenvalue weighted by atomic mass is 32.1. The number of hydrogen-bond donors (Lipinski definition) is 1. The Kier molecular flexibility index (Phi) is 5.26. The van der Waals surface area contributed by atoms with E-state index in [1.54, 1.807) is 34.2 Å². The van der Waals surface area contributed by atoms with E-state index in [0.29, 0.717) is 34.7 Å². The fraction of sp³-hybridized carbons (Fsp3) is 0.154. The van der Waals surface area contributed by atoms with Crippen molar-refractivity contribution in [3.05, 3.63) is 87.5 Å². The van der Waals surface area contributed by atoms with Crippen molar-refractivity contribution in [3.63, 3.8) is 0 Å². The molecular weight excluding hydrogens is 491 g/mol. The van der Waals surface area contributed by atoms with Gasteiger partial charge in [-0.15, -0.1) is 11.3 Å². The topological polar surface area (TPSA) is 38.4 Å². The molecule has 0 aliphatic carbocycles. The van der Waals surface area contributed by atoms with E-state index < -0.39 is 11.6 Å². The molecule has 4 nitrogen and oxygen atoms in total. The highest BCUT2D eigenvalue weighted by molar-refractivity contribution is 7.80. The third-order valence-corrected chi connectivity index (χ3v) is 7.60. The lowest BCUT2D eigenvalue weighted by Gasteiger charge is -2.11. The van der Waals surface area contributed by atoms with Gasteiger partial charge in [-0.2, -0.15) is 0 Å². The van der Waals surface area contributed by atoms with E-state index in [2.05, 4.69) is 5.32 Å². The average Bonchev–Trinajstić information content (AvgIpc) is 3.52. The van der Waals surface area contributed by atoms with Crippen LogP contribution in [-0.2, 0) is 13.0 Å². The number of aromatic nitrogens is 2. The molecule has 1 N–H and O–H groups in total. The predicted octanol–water partition coefficient (Wildman–Crippen LogP) is 6.48. The van der Waals surface area contributed by atoms with Crippen LogP contribution in [0.2, 0.25) is 0 Å². The molecule has 0 spiro atoms. The summed E-state index contributed by atoms with van der Waals surface area (Å²) in [6.07, 6.45) is 2.31. The molecule has 176 valence electrons. The van der Waals surface area contributed by atoms with Crippen molar-refractivity contribution in [2.24, 2.45) is 0 Å². The molecule has 0 saturated heterocycles. The van der Waals surface area contributed by atoms with Gasteiger partial charge in [0.2, 0.25) is 0 Å². The molecule has 35 heavy (non-hydrogen) atoms. The Balaban J connectivity index is 1.68. The lowest BCUT2D eigenvalue weighted by molar-refractivity contribution is 0.0981. The zero-order valence-electron chi connectivity index (χ0n) is 18.3. The van der Waals surface area contributed by atoms with E-state index in [1.165, 1.54) is 29.5 Å². The summed E-state index contributed by atoms with van der Waals surface area (Å²) in [6, 6.07) is 12.2. The van der Waals surface area contributed by atoms with Crippen molar-refractivity contribution in [3.8, 4) is 11.1 Å². The zero-order valence-corrected chi connectivity index (χ0v) is 19.9. The summed E-state index contributed by atoms with van der Waals surface area (Å²) in [7, 11) is 0. The largest absolute Gasteiger partial charge is 0.323 e. The normalized spacial score (nSPS) is 13.3. The molecule has 0 atom stereocenters. The molecule has 4 heterocycles. The molecule has 6 rings (SSSR count). The summed E-state index contributed by atoms with van der Waals surface area (Å²) >= 11 is 7.05. The Hall–Kier alpha value is -3.43. The molecule has 1 aliphatic heterocycles. The molecule has 2 aromatic carbocycles. The van der Waals surface area contributed by atoms with Crippen molar-refractivity contribution >= 4 is 51.1 Å². The zero-order chi connectivity index (χ0) is 24.3. The van der Waals surface area contributed by atoms with E-state index in [0.717, 1.165) is 35.6 Å². The van der Waals surface area contributed by atoms with Crippen LogP contribution in [0.1, 0.15) is 33.8 Å². The Morgan fingerprint density at radius 2 is 1.83 bits per heavy atom. The highest BCUT2D eigenvalue weighted by Gasteiger charge is 2.31. The number of nitrogens with zero attached hydrogens (tertiary/aromatic N) is 2. The summed E-state index contributed by atoms with van der Waals surface area (Å²) < 4.78 is 46.8. The van der Waals surface area contributed by atoms with Gasteiger partial charge < -0.3 is 9.88 Å². The van der Waals surface area contributed by atoms with Crippen molar-refractivity contribution < 1.29 is 18.0 Å². The fourth-order valence-corrected chi connectivity index (χ4v) is 5.90. The first-order chi connectivity index (χ1) is 17.0. The van der Waals surface area contributed by atoms with E-state index in [4.69, 9.17) is 12.2 Å². The van der Waals surface area contributed by atoms with Crippen LogP contribution < -0.4 is 5.32 Å². The van der Waals surface area contributed by atoms with Crippen LogP contribution in [0.5, 0.6) is 0 Å². The maximum atomic E-state index is 15.1. The van der Waals surface area contributed by atoms with Crippen LogP contribution >= 0.6 is 23.6 Å². The number of thiocarbonyl (C=S) groups is 1. The van der Waals surface area contributed by atoms with Crippen LogP contribution in [0.3, 0.4) is 0 Å². The maximum absolute atomic E-state index is 15.1. The van der Waals surface area contributed by atoms with Crippen molar-refractivity contribution in [2.45, 2.75) is 25.8 Å². The molecular formula is C26H18F3N3OS2. The van der Waals surface area contributed by atoms with Crippen LogP contribution in [0, 0.1) is 17.5 Å². The number of imidazole rings is 1. The van der Waals surface area contributed by atoms with Gasteiger partial charge in [-0.05, 0) is 60.5 Å². The van der Waals surface area contributed by atoms with Crippen molar-refractivity contribution in [1.29, 1.82) is 0 Å². The first-order valence-electron chi connectivity index (χ1n) is 11.1. The molecule has 5 aromatic rings. The number of thiophene rings is 1. The number of hydrogen-bond acceptors (Lipinski definition) is 3. The van der Waals surface area contributed by atoms with Gasteiger partial charge in [-0.3, -0.25) is 9.20 Å². The van der Waals surface area contributed by atoms with Crippen molar-refractivity contribution in [2.75, 3.05) is 0 Å². The molecule has 3 aromatic heterocycles. The summed E-state index contributed by atoms with van der Waals surface area (Å²) in [6.45, 7) is 0.515. The molecule has 1 amide bonds. The average molecular weight is 510 g/mol. The number of carbonyl (C=O) groups is 1. The molecule has 0 radical (unpaired) electrons. The number of halogens is 3. The van der Waals surface area contributed by atoms with Gasteiger partial charge in [0.15, 0.2) is 11.6 Å². The van der Waals surface area contributed by atoms with Gasteiger partial charge in [0.05, 0.1) is 16.1 Å². The van der Waals surface area contributed by atoms with Gasteiger partial charge in [0.1, 0.15) is 22.0 Å². The maximum Gasteiger partial charge on any atom is 0.266 e. The minimum absolute atomic E-state index is 0.160. The van der Waals surface area contributed by atoms with Gasteiger partial charge in [0.25, 0.3) is 5.91 Å². The Morgan fingerprint density at radius 1 is 1.03 bits per heavy atom. The lowest BCUT2D eigenvalue weighted by Crippen LogP contribution is -2.30. The lowest BCUT2D eigenvalue weighted by atomic mass is 9.98. The third-order valence-electron chi connectivity index (χ3n) is 6.44. The van der Waals surface area contributed by atoms with Gasteiger partial charge in [0, 0.05) is 17.7 Å². The SMILES string of the molecule is O=C(NC(=S)c1c(-c2ccc(F)cc2)c2c3n(c4c(F)c(F)ccc4n13)CCCC2)c1cccs1.